The molecule has 0 atom stereocenters. The molecule has 1 aliphatic heterocycles. The number of nitrogen functional groups attached to an aromatic ring is 1. The summed E-state index contributed by atoms with van der Waals surface area (Å²) in [4.78, 5) is 10.9. The van der Waals surface area contributed by atoms with E-state index in [1.165, 1.54) is 6.07 Å². The number of ether oxygens (including phenoxy) is 1. The van der Waals surface area contributed by atoms with E-state index in [0.29, 0.717) is 12.5 Å². The van der Waals surface area contributed by atoms with E-state index < -0.39 is 11.8 Å². The van der Waals surface area contributed by atoms with Crippen molar-refractivity contribution in [2.24, 2.45) is 5.92 Å². The summed E-state index contributed by atoms with van der Waals surface area (Å²) >= 11 is 0. The second-order valence-electron chi connectivity index (χ2n) is 4.66. The average molecular weight is 268 g/mol. The molecule has 0 radical (unpaired) electrons. The van der Waals surface area contributed by atoms with E-state index in [2.05, 4.69) is 5.32 Å². The molecule has 19 heavy (non-hydrogen) atoms. The Morgan fingerprint density at radius 2 is 2.16 bits per heavy atom. The molecule has 0 aromatic heterocycles. The first-order valence-corrected chi connectivity index (χ1v) is 6.22. The van der Waals surface area contributed by atoms with Crippen LogP contribution in [0.15, 0.2) is 12.1 Å². The Hall–Kier alpha value is -1.82. The first kappa shape index (κ1) is 13.6. The van der Waals surface area contributed by atoms with E-state index in [9.17, 15) is 9.18 Å². The lowest BCUT2D eigenvalue weighted by Gasteiger charge is -2.23. The van der Waals surface area contributed by atoms with Crippen LogP contribution in [0.5, 0.6) is 0 Å². The van der Waals surface area contributed by atoms with Crippen LogP contribution in [0.3, 0.4) is 0 Å². The van der Waals surface area contributed by atoms with Gasteiger partial charge in [0, 0.05) is 25.4 Å². The third kappa shape index (κ3) is 3.35. The monoisotopic (exact) mass is 268 g/mol. The fraction of sp³-hybridized carbons (Fsp3) is 0.462. The highest BCUT2D eigenvalue weighted by Gasteiger charge is 2.16. The van der Waals surface area contributed by atoms with E-state index in [-0.39, 0.29) is 16.9 Å². The first-order valence-electron chi connectivity index (χ1n) is 6.22. The number of nitrogens with two attached hydrogens (primary N) is 1. The fourth-order valence-corrected chi connectivity index (χ4v) is 2.11. The Bertz CT molecular complexity index is 473. The minimum absolute atomic E-state index is 0.0679. The maximum absolute atomic E-state index is 13.7. The predicted octanol–water partition coefficient (Wildman–Crippen LogP) is 1.94. The normalized spacial score (nSPS) is 16.3. The van der Waals surface area contributed by atoms with Gasteiger partial charge in [-0.2, -0.15) is 0 Å². The highest BCUT2D eigenvalue weighted by atomic mass is 19.1. The molecule has 1 saturated heterocycles. The maximum Gasteiger partial charge on any atom is 0.337 e. The molecule has 5 nitrogen and oxygen atoms in total. The van der Waals surface area contributed by atoms with Crippen molar-refractivity contribution >= 4 is 17.3 Å². The minimum atomic E-state index is -1.16. The highest BCUT2D eigenvalue weighted by molar-refractivity contribution is 5.94. The second-order valence-corrected chi connectivity index (χ2v) is 4.66. The van der Waals surface area contributed by atoms with Gasteiger partial charge in [0.05, 0.1) is 11.3 Å². The molecule has 1 aliphatic rings. The second kappa shape index (κ2) is 5.88. The maximum atomic E-state index is 13.7. The molecule has 0 aliphatic carbocycles. The zero-order valence-electron chi connectivity index (χ0n) is 10.5. The molecule has 0 spiro atoms. The summed E-state index contributed by atoms with van der Waals surface area (Å²) in [6.45, 7) is 2.04. The van der Waals surface area contributed by atoms with Gasteiger partial charge >= 0.3 is 5.97 Å². The first-order chi connectivity index (χ1) is 9.08. The summed E-state index contributed by atoms with van der Waals surface area (Å²) in [5, 5.41) is 11.9. The number of hydrogen-bond acceptors (Lipinski definition) is 4. The van der Waals surface area contributed by atoms with Crippen LogP contribution in [0.1, 0.15) is 23.2 Å². The van der Waals surface area contributed by atoms with Crippen molar-refractivity contribution in [3.63, 3.8) is 0 Å². The predicted molar refractivity (Wildman–Crippen MR) is 69.8 cm³/mol. The smallest absolute Gasteiger partial charge is 0.337 e. The average Bonchev–Trinajstić information content (AvgIpc) is 2.38. The van der Waals surface area contributed by atoms with E-state index in [1.54, 1.807) is 0 Å². The Labute approximate surface area is 110 Å². The van der Waals surface area contributed by atoms with E-state index in [1.807, 2.05) is 0 Å². The lowest BCUT2D eigenvalue weighted by Crippen LogP contribution is -2.23. The van der Waals surface area contributed by atoms with Crippen molar-refractivity contribution in [3.05, 3.63) is 23.5 Å². The van der Waals surface area contributed by atoms with Gasteiger partial charge in [-0.3, -0.25) is 0 Å². The summed E-state index contributed by atoms with van der Waals surface area (Å²) in [6, 6.07) is 2.28. The van der Waals surface area contributed by atoms with Crippen LogP contribution >= 0.6 is 0 Å². The quantitative estimate of drug-likeness (QED) is 0.727. The number of halogens is 1. The molecule has 0 unspecified atom stereocenters. The van der Waals surface area contributed by atoms with Crippen LogP contribution in [0.25, 0.3) is 0 Å². The van der Waals surface area contributed by atoms with Crippen molar-refractivity contribution < 1.29 is 19.0 Å². The fourth-order valence-electron chi connectivity index (χ4n) is 2.11. The van der Waals surface area contributed by atoms with Crippen molar-refractivity contribution in [1.82, 2.24) is 0 Å². The lowest BCUT2D eigenvalue weighted by molar-refractivity contribution is 0.0697. The van der Waals surface area contributed by atoms with E-state index >= 15 is 0 Å². The molecule has 2 rings (SSSR count). The number of hydrogen-bond donors (Lipinski definition) is 3. The Morgan fingerprint density at radius 1 is 1.47 bits per heavy atom. The van der Waals surface area contributed by atoms with Gasteiger partial charge in [-0.25, -0.2) is 9.18 Å². The highest BCUT2D eigenvalue weighted by Crippen LogP contribution is 2.23. The SMILES string of the molecule is Nc1cc(F)c(NCC2CCOCC2)cc1C(=O)O. The molecule has 1 aromatic rings. The van der Waals surface area contributed by atoms with Gasteiger partial charge in [-0.05, 0) is 30.9 Å². The number of benzene rings is 1. The Balaban J connectivity index is 2.06. The van der Waals surface area contributed by atoms with Crippen LogP contribution in [0, 0.1) is 11.7 Å². The number of carboxylic acids is 1. The van der Waals surface area contributed by atoms with Crippen molar-refractivity contribution in [2.75, 3.05) is 30.8 Å². The Morgan fingerprint density at radius 3 is 2.79 bits per heavy atom. The van der Waals surface area contributed by atoms with Gasteiger partial charge in [0.15, 0.2) is 0 Å². The third-order valence-electron chi connectivity index (χ3n) is 3.29. The molecule has 4 N–H and O–H groups in total. The van der Waals surface area contributed by atoms with Crippen LogP contribution in [0.4, 0.5) is 15.8 Å². The lowest BCUT2D eigenvalue weighted by atomic mass is 10.0. The minimum Gasteiger partial charge on any atom is -0.478 e. The standard InChI is InChI=1S/C13H17FN2O3/c14-10-6-11(15)9(13(17)18)5-12(10)16-7-8-1-3-19-4-2-8/h5-6,8,16H,1-4,7,15H2,(H,17,18). The van der Waals surface area contributed by atoms with Gasteiger partial charge in [0.25, 0.3) is 0 Å². The zero-order valence-corrected chi connectivity index (χ0v) is 10.5. The summed E-state index contributed by atoms with van der Waals surface area (Å²) < 4.78 is 18.9. The third-order valence-corrected chi connectivity index (χ3v) is 3.29. The topological polar surface area (TPSA) is 84.6 Å². The Kier molecular flexibility index (Phi) is 4.21. The van der Waals surface area contributed by atoms with Crippen LogP contribution in [-0.4, -0.2) is 30.8 Å². The van der Waals surface area contributed by atoms with Crippen LogP contribution in [-0.2, 0) is 4.74 Å². The molecule has 1 aromatic carbocycles. The van der Waals surface area contributed by atoms with Crippen molar-refractivity contribution in [3.8, 4) is 0 Å². The van der Waals surface area contributed by atoms with Gasteiger partial charge < -0.3 is 20.9 Å². The van der Waals surface area contributed by atoms with Gasteiger partial charge in [0.1, 0.15) is 5.82 Å². The summed E-state index contributed by atoms with van der Waals surface area (Å²) in [6.07, 6.45) is 1.85. The zero-order chi connectivity index (χ0) is 13.8. The van der Waals surface area contributed by atoms with Crippen LogP contribution < -0.4 is 11.1 Å². The van der Waals surface area contributed by atoms with E-state index in [0.717, 1.165) is 32.1 Å². The largest absolute Gasteiger partial charge is 0.478 e. The summed E-state index contributed by atoms with van der Waals surface area (Å²) in [7, 11) is 0. The van der Waals surface area contributed by atoms with Gasteiger partial charge in [-0.15, -0.1) is 0 Å². The molecule has 1 fully saturated rings. The molecule has 0 saturated carbocycles. The van der Waals surface area contributed by atoms with Gasteiger partial charge in [-0.1, -0.05) is 0 Å². The number of aromatic carboxylic acids is 1. The van der Waals surface area contributed by atoms with Gasteiger partial charge in [0.2, 0.25) is 0 Å². The number of rotatable bonds is 4. The number of anilines is 2. The molecule has 0 amide bonds. The van der Waals surface area contributed by atoms with Crippen LogP contribution in [0.2, 0.25) is 0 Å². The van der Waals surface area contributed by atoms with Crippen molar-refractivity contribution in [2.45, 2.75) is 12.8 Å². The number of carboxylic acid groups (broad SMARTS) is 1. The van der Waals surface area contributed by atoms with E-state index in [4.69, 9.17) is 15.6 Å². The molecular formula is C13H17FN2O3. The summed E-state index contributed by atoms with van der Waals surface area (Å²) in [5.41, 5.74) is 5.49. The molecular weight excluding hydrogens is 251 g/mol. The number of nitrogens with one attached hydrogen (secondary N) is 1. The summed E-state index contributed by atoms with van der Waals surface area (Å²) in [5.74, 6) is -1.28. The molecule has 0 bridgehead atoms. The van der Waals surface area contributed by atoms with Crippen molar-refractivity contribution in [1.29, 1.82) is 0 Å². The molecule has 104 valence electrons. The molecule has 1 heterocycles. The molecule has 6 heteroatoms. The number of carbonyl (C=O) groups is 1.